The van der Waals surface area contributed by atoms with Crippen LogP contribution >= 0.6 is 15.9 Å². The van der Waals surface area contributed by atoms with Crippen LogP contribution in [0.4, 0.5) is 5.69 Å². The fourth-order valence-corrected chi connectivity index (χ4v) is 2.61. The van der Waals surface area contributed by atoms with E-state index >= 15 is 0 Å². The number of nitrogens with one attached hydrogen (secondary N) is 1. The molecule has 1 aliphatic rings. The number of hydrogen-bond donors (Lipinski definition) is 2. The highest BCUT2D eigenvalue weighted by atomic mass is 79.9. The predicted octanol–water partition coefficient (Wildman–Crippen LogP) is 1.88. The summed E-state index contributed by atoms with van der Waals surface area (Å²) in [5.74, 6) is 0.0534. The van der Waals surface area contributed by atoms with Gasteiger partial charge in [-0.2, -0.15) is 0 Å². The summed E-state index contributed by atoms with van der Waals surface area (Å²) in [5.41, 5.74) is 6.83. The van der Waals surface area contributed by atoms with Crippen molar-refractivity contribution in [3.8, 4) is 0 Å². The van der Waals surface area contributed by atoms with Crippen molar-refractivity contribution in [3.63, 3.8) is 0 Å². The summed E-state index contributed by atoms with van der Waals surface area (Å²) in [5, 5.41) is 3.05. The van der Waals surface area contributed by atoms with Crippen molar-refractivity contribution < 1.29 is 4.79 Å². The van der Waals surface area contributed by atoms with Gasteiger partial charge in [0, 0.05) is 41.8 Å². The van der Waals surface area contributed by atoms with E-state index in [1.54, 1.807) is 0 Å². The van der Waals surface area contributed by atoms with Crippen molar-refractivity contribution in [2.75, 3.05) is 18.0 Å². The van der Waals surface area contributed by atoms with Crippen LogP contribution in [0.5, 0.6) is 0 Å². The van der Waals surface area contributed by atoms with E-state index in [1.807, 2.05) is 19.1 Å². The van der Waals surface area contributed by atoms with Gasteiger partial charge in [-0.25, -0.2) is 0 Å². The SMILES string of the molecule is CC(N)CC(=O)NC1CCN(c2ccc(Br)cc2)C1. The first-order valence-electron chi connectivity index (χ1n) is 6.60. The van der Waals surface area contributed by atoms with Crippen molar-refractivity contribution in [1.29, 1.82) is 0 Å². The fourth-order valence-electron chi connectivity index (χ4n) is 2.34. The molecule has 1 aromatic carbocycles. The summed E-state index contributed by atoms with van der Waals surface area (Å²) >= 11 is 3.43. The first-order valence-corrected chi connectivity index (χ1v) is 7.39. The number of rotatable bonds is 4. The Labute approximate surface area is 122 Å². The number of benzene rings is 1. The average molecular weight is 326 g/mol. The number of anilines is 1. The summed E-state index contributed by atoms with van der Waals surface area (Å²) in [6.45, 7) is 3.69. The molecule has 0 bridgehead atoms. The van der Waals surface area contributed by atoms with Gasteiger partial charge in [-0.15, -0.1) is 0 Å². The molecule has 2 atom stereocenters. The molecule has 2 rings (SSSR count). The molecule has 104 valence electrons. The fraction of sp³-hybridized carbons (Fsp3) is 0.500. The van der Waals surface area contributed by atoms with Gasteiger partial charge in [0.2, 0.25) is 5.91 Å². The Hall–Kier alpha value is -1.07. The number of nitrogens with two attached hydrogens (primary N) is 1. The molecule has 2 unspecified atom stereocenters. The average Bonchev–Trinajstić information content (AvgIpc) is 2.77. The number of hydrogen-bond acceptors (Lipinski definition) is 3. The quantitative estimate of drug-likeness (QED) is 0.888. The zero-order chi connectivity index (χ0) is 13.8. The smallest absolute Gasteiger partial charge is 0.221 e. The molecule has 19 heavy (non-hydrogen) atoms. The molecule has 1 heterocycles. The molecule has 0 saturated carbocycles. The normalized spacial score (nSPS) is 20.4. The number of carbonyl (C=O) groups excluding carboxylic acids is 1. The van der Waals surface area contributed by atoms with Crippen LogP contribution < -0.4 is 16.0 Å². The standard InChI is InChI=1S/C14H20BrN3O/c1-10(16)8-14(19)17-12-6-7-18(9-12)13-4-2-11(15)3-5-13/h2-5,10,12H,6-9,16H2,1H3,(H,17,19). The van der Waals surface area contributed by atoms with Crippen LogP contribution in [-0.2, 0) is 4.79 Å². The van der Waals surface area contributed by atoms with E-state index in [0.29, 0.717) is 6.42 Å². The molecular weight excluding hydrogens is 306 g/mol. The molecule has 3 N–H and O–H groups in total. The van der Waals surface area contributed by atoms with Gasteiger partial charge >= 0.3 is 0 Å². The van der Waals surface area contributed by atoms with E-state index in [1.165, 1.54) is 5.69 Å². The third kappa shape index (κ3) is 4.21. The van der Waals surface area contributed by atoms with Gasteiger partial charge in [0.15, 0.2) is 0 Å². The lowest BCUT2D eigenvalue weighted by Crippen LogP contribution is -2.39. The third-order valence-electron chi connectivity index (χ3n) is 3.25. The summed E-state index contributed by atoms with van der Waals surface area (Å²) in [6, 6.07) is 8.42. The van der Waals surface area contributed by atoms with Crippen molar-refractivity contribution >= 4 is 27.5 Å². The van der Waals surface area contributed by atoms with Gasteiger partial charge in [-0.05, 0) is 37.6 Å². The molecular formula is C14H20BrN3O. The Balaban J connectivity index is 1.86. The Bertz CT molecular complexity index is 433. The lowest BCUT2D eigenvalue weighted by Gasteiger charge is -2.19. The van der Waals surface area contributed by atoms with Crippen LogP contribution in [0, 0.1) is 0 Å². The summed E-state index contributed by atoms with van der Waals surface area (Å²) in [4.78, 5) is 14.0. The lowest BCUT2D eigenvalue weighted by atomic mass is 10.2. The minimum Gasteiger partial charge on any atom is -0.369 e. The van der Waals surface area contributed by atoms with Gasteiger partial charge in [-0.3, -0.25) is 4.79 Å². The topological polar surface area (TPSA) is 58.4 Å². The first-order chi connectivity index (χ1) is 9.04. The molecule has 0 aliphatic carbocycles. The Morgan fingerprint density at radius 2 is 2.21 bits per heavy atom. The predicted molar refractivity (Wildman–Crippen MR) is 81.2 cm³/mol. The zero-order valence-electron chi connectivity index (χ0n) is 11.1. The van der Waals surface area contributed by atoms with Gasteiger partial charge in [0.1, 0.15) is 0 Å². The largest absolute Gasteiger partial charge is 0.369 e. The van der Waals surface area contributed by atoms with Gasteiger partial charge < -0.3 is 16.0 Å². The number of nitrogens with zero attached hydrogens (tertiary/aromatic N) is 1. The van der Waals surface area contributed by atoms with Crippen molar-refractivity contribution in [1.82, 2.24) is 5.32 Å². The van der Waals surface area contributed by atoms with Crippen LogP contribution in [0.2, 0.25) is 0 Å². The maximum absolute atomic E-state index is 11.7. The van der Waals surface area contributed by atoms with E-state index in [4.69, 9.17) is 5.73 Å². The monoisotopic (exact) mass is 325 g/mol. The van der Waals surface area contributed by atoms with Gasteiger partial charge in [0.25, 0.3) is 0 Å². The Morgan fingerprint density at radius 3 is 2.84 bits per heavy atom. The highest BCUT2D eigenvalue weighted by Gasteiger charge is 2.24. The lowest BCUT2D eigenvalue weighted by molar-refractivity contribution is -0.121. The highest BCUT2D eigenvalue weighted by Crippen LogP contribution is 2.22. The molecule has 1 fully saturated rings. The third-order valence-corrected chi connectivity index (χ3v) is 3.78. The second kappa shape index (κ2) is 6.39. The summed E-state index contributed by atoms with van der Waals surface area (Å²) < 4.78 is 1.08. The van der Waals surface area contributed by atoms with Gasteiger partial charge in [-0.1, -0.05) is 15.9 Å². The molecule has 1 aromatic rings. The molecule has 0 aromatic heterocycles. The van der Waals surface area contributed by atoms with E-state index in [-0.39, 0.29) is 18.0 Å². The molecule has 4 nitrogen and oxygen atoms in total. The second-order valence-electron chi connectivity index (χ2n) is 5.16. The molecule has 1 aliphatic heterocycles. The second-order valence-corrected chi connectivity index (χ2v) is 6.07. The van der Waals surface area contributed by atoms with E-state index in [2.05, 4.69) is 38.3 Å². The van der Waals surface area contributed by atoms with Crippen LogP contribution in [0.25, 0.3) is 0 Å². The maximum Gasteiger partial charge on any atom is 0.221 e. The molecule has 0 spiro atoms. The number of carbonyl (C=O) groups is 1. The molecule has 1 amide bonds. The first kappa shape index (κ1) is 14.3. The minimum atomic E-state index is -0.0796. The zero-order valence-corrected chi connectivity index (χ0v) is 12.7. The summed E-state index contributed by atoms with van der Waals surface area (Å²) in [7, 11) is 0. The minimum absolute atomic E-state index is 0.0534. The van der Waals surface area contributed by atoms with Crippen LogP contribution in [0.15, 0.2) is 28.7 Å². The van der Waals surface area contributed by atoms with E-state index in [0.717, 1.165) is 24.0 Å². The maximum atomic E-state index is 11.7. The molecule has 1 saturated heterocycles. The number of amides is 1. The summed E-state index contributed by atoms with van der Waals surface area (Å²) in [6.07, 6.45) is 1.38. The van der Waals surface area contributed by atoms with Crippen molar-refractivity contribution in [2.45, 2.75) is 31.8 Å². The van der Waals surface area contributed by atoms with Crippen LogP contribution in [0.1, 0.15) is 19.8 Å². The van der Waals surface area contributed by atoms with Crippen molar-refractivity contribution in [2.24, 2.45) is 5.73 Å². The van der Waals surface area contributed by atoms with Crippen LogP contribution in [0.3, 0.4) is 0 Å². The Morgan fingerprint density at radius 1 is 1.53 bits per heavy atom. The van der Waals surface area contributed by atoms with E-state index in [9.17, 15) is 4.79 Å². The highest BCUT2D eigenvalue weighted by molar-refractivity contribution is 9.10. The van der Waals surface area contributed by atoms with Crippen molar-refractivity contribution in [3.05, 3.63) is 28.7 Å². The molecule has 0 radical (unpaired) electrons. The van der Waals surface area contributed by atoms with Gasteiger partial charge in [0.05, 0.1) is 0 Å². The number of halogens is 1. The molecule has 5 heteroatoms. The van der Waals surface area contributed by atoms with Crippen LogP contribution in [-0.4, -0.2) is 31.1 Å². The Kier molecular flexibility index (Phi) is 4.82. The van der Waals surface area contributed by atoms with E-state index < -0.39 is 0 Å².